The van der Waals surface area contributed by atoms with Crippen LogP contribution in [0, 0.1) is 5.82 Å². The van der Waals surface area contributed by atoms with Crippen molar-refractivity contribution in [2.24, 2.45) is 5.73 Å². The zero-order valence-corrected chi connectivity index (χ0v) is 13.1. The van der Waals surface area contributed by atoms with E-state index in [4.69, 9.17) is 5.73 Å². The van der Waals surface area contributed by atoms with Crippen molar-refractivity contribution < 1.29 is 14.0 Å². The fourth-order valence-electron chi connectivity index (χ4n) is 3.34. The van der Waals surface area contributed by atoms with Crippen LogP contribution in [0.4, 0.5) is 10.1 Å². The number of rotatable bonds is 0. The van der Waals surface area contributed by atoms with Crippen molar-refractivity contribution in [2.75, 3.05) is 18.0 Å². The van der Waals surface area contributed by atoms with Gasteiger partial charge in [0.15, 0.2) is 5.78 Å². The fraction of sp³-hybridized carbons (Fsp3) is 0.529. The average molecular weight is 319 g/mol. The van der Waals surface area contributed by atoms with Gasteiger partial charge in [0, 0.05) is 24.7 Å². The number of halogens is 1. The van der Waals surface area contributed by atoms with Crippen LogP contribution in [0.25, 0.3) is 0 Å². The van der Waals surface area contributed by atoms with E-state index in [9.17, 15) is 14.0 Å². The SMILES string of the molecule is N[C@H]1CCCCNC(=O)[C@H]2CCC(=O)CN2c2cc(F)cc1c2. The van der Waals surface area contributed by atoms with Gasteiger partial charge >= 0.3 is 0 Å². The largest absolute Gasteiger partial charge is 0.354 e. The standard InChI is InChI=1S/C17H22FN3O2/c18-12-7-11-8-13(9-12)21-10-14(22)4-5-16(21)17(23)20-6-2-1-3-15(11)19/h7-9,15-16H,1-6,10,19H2,(H,20,23)/t15-,16+/m0/s1. The Morgan fingerprint density at radius 2 is 2.00 bits per heavy atom. The molecule has 6 heteroatoms. The van der Waals surface area contributed by atoms with Crippen molar-refractivity contribution in [3.8, 4) is 0 Å². The molecule has 0 saturated carbocycles. The minimum absolute atomic E-state index is 0.0660. The summed E-state index contributed by atoms with van der Waals surface area (Å²) in [6.07, 6.45) is 3.30. The number of benzene rings is 1. The minimum atomic E-state index is -0.432. The smallest absolute Gasteiger partial charge is 0.242 e. The van der Waals surface area contributed by atoms with Crippen molar-refractivity contribution in [1.29, 1.82) is 0 Å². The number of amides is 1. The third-order valence-electron chi connectivity index (χ3n) is 4.63. The predicted molar refractivity (Wildman–Crippen MR) is 85.6 cm³/mol. The first kappa shape index (κ1) is 15.9. The van der Waals surface area contributed by atoms with Crippen LogP contribution in [0.15, 0.2) is 18.2 Å². The third-order valence-corrected chi connectivity index (χ3v) is 4.63. The second kappa shape index (κ2) is 6.66. The molecule has 2 aliphatic heterocycles. The summed E-state index contributed by atoms with van der Waals surface area (Å²) in [5, 5.41) is 2.93. The predicted octanol–water partition coefficient (Wildman–Crippen LogP) is 1.66. The Morgan fingerprint density at radius 3 is 2.83 bits per heavy atom. The first-order valence-corrected chi connectivity index (χ1v) is 8.17. The van der Waals surface area contributed by atoms with E-state index in [1.165, 1.54) is 12.1 Å². The average Bonchev–Trinajstić information content (AvgIpc) is 2.52. The number of carbonyl (C=O) groups is 2. The van der Waals surface area contributed by atoms with Gasteiger partial charge in [0.25, 0.3) is 0 Å². The van der Waals surface area contributed by atoms with E-state index in [0.717, 1.165) is 24.8 Å². The van der Waals surface area contributed by atoms with Crippen LogP contribution in [0.3, 0.4) is 0 Å². The topological polar surface area (TPSA) is 75.4 Å². The zero-order valence-electron chi connectivity index (χ0n) is 13.1. The van der Waals surface area contributed by atoms with Gasteiger partial charge in [-0.25, -0.2) is 4.39 Å². The highest BCUT2D eigenvalue weighted by Gasteiger charge is 2.32. The summed E-state index contributed by atoms with van der Waals surface area (Å²) in [6, 6.07) is 3.96. The van der Waals surface area contributed by atoms with Crippen LogP contribution in [-0.2, 0) is 9.59 Å². The number of nitrogens with zero attached hydrogens (tertiary/aromatic N) is 1. The molecule has 1 amide bonds. The second-order valence-electron chi connectivity index (χ2n) is 6.36. The lowest BCUT2D eigenvalue weighted by molar-refractivity contribution is -0.124. The van der Waals surface area contributed by atoms with Crippen LogP contribution in [0.2, 0.25) is 0 Å². The molecule has 1 aromatic carbocycles. The van der Waals surface area contributed by atoms with Crippen molar-refractivity contribution in [3.05, 3.63) is 29.6 Å². The monoisotopic (exact) mass is 319 g/mol. The first-order chi connectivity index (χ1) is 11.0. The summed E-state index contributed by atoms with van der Waals surface area (Å²) >= 11 is 0. The summed E-state index contributed by atoms with van der Waals surface area (Å²) in [5.74, 6) is -0.411. The van der Waals surface area contributed by atoms with Crippen molar-refractivity contribution >= 4 is 17.4 Å². The van der Waals surface area contributed by atoms with E-state index in [0.29, 0.717) is 25.1 Å². The van der Waals surface area contributed by atoms with E-state index < -0.39 is 6.04 Å². The highest BCUT2D eigenvalue weighted by atomic mass is 19.1. The normalized spacial score (nSPS) is 25.9. The Bertz CT molecular complexity index is 620. The number of nitrogens with two attached hydrogens (primary N) is 1. The maximum absolute atomic E-state index is 14.0. The lowest BCUT2D eigenvalue weighted by Gasteiger charge is -2.36. The Kier molecular flexibility index (Phi) is 4.61. The van der Waals surface area contributed by atoms with E-state index in [2.05, 4.69) is 5.32 Å². The number of hydrogen-bond acceptors (Lipinski definition) is 4. The summed E-state index contributed by atoms with van der Waals surface area (Å²) < 4.78 is 14.0. The molecule has 0 spiro atoms. The van der Waals surface area contributed by atoms with Crippen LogP contribution >= 0.6 is 0 Å². The number of Topliss-reactive ketones (excluding diaryl/α,β-unsaturated/α-hetero) is 1. The Balaban J connectivity index is 2.02. The van der Waals surface area contributed by atoms with Crippen LogP contribution in [-0.4, -0.2) is 30.8 Å². The van der Waals surface area contributed by atoms with Gasteiger partial charge in [-0.05, 0) is 49.4 Å². The molecular formula is C17H22FN3O2. The summed E-state index contributed by atoms with van der Waals surface area (Å²) in [4.78, 5) is 26.0. The number of hydrogen-bond donors (Lipinski definition) is 2. The lowest BCUT2D eigenvalue weighted by Crippen LogP contribution is -2.52. The Hall–Kier alpha value is -1.95. The fourth-order valence-corrected chi connectivity index (χ4v) is 3.34. The van der Waals surface area contributed by atoms with Gasteiger partial charge in [0.05, 0.1) is 6.54 Å². The molecule has 1 aromatic rings. The van der Waals surface area contributed by atoms with Gasteiger partial charge in [-0.1, -0.05) is 0 Å². The van der Waals surface area contributed by atoms with E-state index >= 15 is 0 Å². The minimum Gasteiger partial charge on any atom is -0.354 e. The first-order valence-electron chi connectivity index (χ1n) is 8.17. The molecule has 2 aliphatic rings. The molecule has 2 bridgehead atoms. The third kappa shape index (κ3) is 3.52. The van der Waals surface area contributed by atoms with Gasteiger partial charge in [0.2, 0.25) is 5.91 Å². The molecule has 23 heavy (non-hydrogen) atoms. The summed E-state index contributed by atoms with van der Waals surface area (Å²) in [7, 11) is 0. The lowest BCUT2D eigenvalue weighted by atomic mass is 9.96. The van der Waals surface area contributed by atoms with Crippen molar-refractivity contribution in [3.63, 3.8) is 0 Å². The van der Waals surface area contributed by atoms with Gasteiger partial charge in [-0.15, -0.1) is 0 Å². The maximum atomic E-state index is 14.0. The summed E-state index contributed by atoms with van der Waals surface area (Å²) in [6.45, 7) is 0.738. The molecule has 0 unspecified atom stereocenters. The molecule has 1 fully saturated rings. The highest BCUT2D eigenvalue weighted by Crippen LogP contribution is 2.29. The van der Waals surface area contributed by atoms with E-state index in [1.54, 1.807) is 4.90 Å². The number of fused-ring (bicyclic) bond motifs is 4. The molecule has 3 N–H and O–H groups in total. The van der Waals surface area contributed by atoms with Gasteiger partial charge in [-0.3, -0.25) is 9.59 Å². The number of carbonyl (C=O) groups excluding carboxylic acids is 2. The molecule has 2 atom stereocenters. The molecule has 124 valence electrons. The van der Waals surface area contributed by atoms with Crippen molar-refractivity contribution in [1.82, 2.24) is 5.32 Å². The van der Waals surface area contributed by atoms with Crippen LogP contribution in [0.5, 0.6) is 0 Å². The molecular weight excluding hydrogens is 297 g/mol. The molecule has 1 saturated heterocycles. The molecule has 0 aliphatic carbocycles. The van der Waals surface area contributed by atoms with Gasteiger partial charge in [-0.2, -0.15) is 0 Å². The number of piperidine rings is 1. The quantitative estimate of drug-likeness (QED) is 0.763. The second-order valence-corrected chi connectivity index (χ2v) is 6.36. The van der Waals surface area contributed by atoms with Crippen molar-refractivity contribution in [2.45, 2.75) is 44.2 Å². The number of ketones is 1. The molecule has 5 nitrogen and oxygen atoms in total. The molecule has 0 aromatic heterocycles. The number of anilines is 1. The number of nitrogens with one attached hydrogen (secondary N) is 1. The molecule has 2 heterocycles. The highest BCUT2D eigenvalue weighted by molar-refractivity contribution is 5.92. The Labute approximate surface area is 135 Å². The van der Waals surface area contributed by atoms with Crippen LogP contribution < -0.4 is 16.0 Å². The zero-order chi connectivity index (χ0) is 16.4. The summed E-state index contributed by atoms with van der Waals surface area (Å²) in [5.41, 5.74) is 7.45. The Morgan fingerprint density at radius 1 is 1.17 bits per heavy atom. The maximum Gasteiger partial charge on any atom is 0.242 e. The van der Waals surface area contributed by atoms with E-state index in [1.807, 2.05) is 6.07 Å². The van der Waals surface area contributed by atoms with Gasteiger partial charge in [0.1, 0.15) is 11.9 Å². The molecule has 3 rings (SSSR count). The van der Waals surface area contributed by atoms with Gasteiger partial charge < -0.3 is 16.0 Å². The molecule has 0 radical (unpaired) electrons. The van der Waals surface area contributed by atoms with E-state index in [-0.39, 0.29) is 30.1 Å². The van der Waals surface area contributed by atoms with Crippen LogP contribution in [0.1, 0.15) is 43.7 Å².